The molecular formula is C17H28S8. The molecule has 25 heavy (non-hydrogen) atoms. The standard InChI is InChI=1S/C17H28S8/c18-11(1-13-5-20-13)3-17(24-9-15-7-22-15,25-10-16-8-23-16)4-12(19)2-14-6-21-14/h11-16,18-19H,1-10H2. The number of rotatable bonds is 14. The highest BCUT2D eigenvalue weighted by molar-refractivity contribution is 8.19. The SMILES string of the molecule is SC(CC1CS1)CC(CC(S)CC1CS1)(SCC1CS1)SCC1CS1. The van der Waals surface area contributed by atoms with Crippen LogP contribution in [-0.2, 0) is 0 Å². The summed E-state index contributed by atoms with van der Waals surface area (Å²) < 4.78 is 0.351. The third kappa shape index (κ3) is 8.21. The molecule has 4 rings (SSSR count). The highest BCUT2D eigenvalue weighted by Gasteiger charge is 2.41. The molecule has 0 spiro atoms. The summed E-state index contributed by atoms with van der Waals surface area (Å²) in [5.41, 5.74) is 0. The maximum Gasteiger partial charge on any atom is 0.0632 e. The van der Waals surface area contributed by atoms with E-state index in [-0.39, 0.29) is 0 Å². The van der Waals surface area contributed by atoms with Gasteiger partial charge in [-0.1, -0.05) is 0 Å². The van der Waals surface area contributed by atoms with E-state index in [9.17, 15) is 0 Å². The van der Waals surface area contributed by atoms with Gasteiger partial charge in [0.2, 0.25) is 0 Å². The lowest BCUT2D eigenvalue weighted by molar-refractivity contribution is 0.593. The average Bonchev–Trinajstić information content (AvgIpc) is 3.41. The molecule has 0 radical (unpaired) electrons. The Morgan fingerprint density at radius 1 is 0.720 bits per heavy atom. The van der Waals surface area contributed by atoms with E-state index in [1.807, 2.05) is 0 Å². The van der Waals surface area contributed by atoms with E-state index >= 15 is 0 Å². The van der Waals surface area contributed by atoms with Crippen molar-refractivity contribution in [2.75, 3.05) is 34.5 Å². The van der Waals surface area contributed by atoms with Crippen LogP contribution in [0.5, 0.6) is 0 Å². The van der Waals surface area contributed by atoms with Crippen molar-refractivity contribution in [3.8, 4) is 0 Å². The first kappa shape index (κ1) is 21.0. The topological polar surface area (TPSA) is 0 Å². The zero-order valence-electron chi connectivity index (χ0n) is 14.4. The van der Waals surface area contributed by atoms with E-state index < -0.39 is 0 Å². The van der Waals surface area contributed by atoms with Crippen molar-refractivity contribution < 1.29 is 0 Å². The molecule has 0 aromatic rings. The quantitative estimate of drug-likeness (QED) is 0.180. The van der Waals surface area contributed by atoms with Gasteiger partial charge in [-0.15, -0.1) is 23.5 Å². The third-order valence-corrected chi connectivity index (χ3v) is 13.5. The molecule has 4 heterocycles. The summed E-state index contributed by atoms with van der Waals surface area (Å²) in [5.74, 6) is 8.20. The van der Waals surface area contributed by atoms with Crippen molar-refractivity contribution in [1.82, 2.24) is 0 Å². The summed E-state index contributed by atoms with van der Waals surface area (Å²) in [4.78, 5) is 0. The molecule has 4 saturated heterocycles. The molecule has 0 nitrogen and oxygen atoms in total. The smallest absolute Gasteiger partial charge is 0.0632 e. The minimum absolute atomic E-state index is 0.351. The van der Waals surface area contributed by atoms with Gasteiger partial charge in [0.1, 0.15) is 0 Å². The Morgan fingerprint density at radius 3 is 1.40 bits per heavy atom. The van der Waals surface area contributed by atoms with Crippen LogP contribution < -0.4 is 0 Å². The second-order valence-electron chi connectivity index (χ2n) is 7.54. The predicted octanol–water partition coefficient (Wildman–Crippen LogP) is 5.77. The highest BCUT2D eigenvalue weighted by Crippen LogP contribution is 2.53. The van der Waals surface area contributed by atoms with Crippen molar-refractivity contribution >= 4 is 95.8 Å². The molecule has 6 unspecified atom stereocenters. The normalized spacial score (nSPS) is 37.2. The number of hydrogen-bond donors (Lipinski definition) is 2. The third-order valence-electron chi connectivity index (χ3n) is 4.84. The molecule has 144 valence electrons. The van der Waals surface area contributed by atoms with Crippen LogP contribution in [0.3, 0.4) is 0 Å². The van der Waals surface area contributed by atoms with Crippen molar-refractivity contribution in [2.24, 2.45) is 0 Å². The summed E-state index contributed by atoms with van der Waals surface area (Å²) in [7, 11) is 0. The summed E-state index contributed by atoms with van der Waals surface area (Å²) in [6, 6.07) is 0. The second kappa shape index (κ2) is 9.74. The Balaban J connectivity index is 1.38. The Labute approximate surface area is 190 Å². The summed E-state index contributed by atoms with van der Waals surface area (Å²) in [6.07, 6.45) is 5.16. The van der Waals surface area contributed by atoms with Gasteiger partial charge in [0.25, 0.3) is 0 Å². The number of hydrogen-bond acceptors (Lipinski definition) is 8. The molecule has 0 amide bonds. The fraction of sp³-hybridized carbons (Fsp3) is 1.00. The van der Waals surface area contributed by atoms with E-state index in [0.29, 0.717) is 14.6 Å². The van der Waals surface area contributed by atoms with Crippen molar-refractivity contribution in [1.29, 1.82) is 0 Å². The van der Waals surface area contributed by atoms with Crippen LogP contribution >= 0.6 is 95.8 Å². The number of thiol groups is 2. The van der Waals surface area contributed by atoms with Crippen LogP contribution in [-0.4, -0.2) is 70.1 Å². The lowest BCUT2D eigenvalue weighted by Crippen LogP contribution is -2.31. The Morgan fingerprint density at radius 2 is 1.08 bits per heavy atom. The Kier molecular flexibility index (Phi) is 8.20. The molecule has 8 heteroatoms. The molecule has 4 fully saturated rings. The molecule has 4 aliphatic rings. The zero-order chi connectivity index (χ0) is 17.3. The first-order valence-electron chi connectivity index (χ1n) is 9.21. The number of thioether (sulfide) groups is 6. The first-order valence-corrected chi connectivity index (χ1v) is 16.4. The van der Waals surface area contributed by atoms with Gasteiger partial charge in [-0.2, -0.15) is 72.3 Å². The average molecular weight is 489 g/mol. The molecule has 6 atom stereocenters. The predicted molar refractivity (Wildman–Crippen MR) is 137 cm³/mol. The summed E-state index contributed by atoms with van der Waals surface area (Å²) in [6.45, 7) is 0. The van der Waals surface area contributed by atoms with E-state index in [4.69, 9.17) is 25.3 Å². The van der Waals surface area contributed by atoms with E-state index in [0.717, 1.165) is 21.0 Å². The monoisotopic (exact) mass is 488 g/mol. The van der Waals surface area contributed by atoms with Crippen LogP contribution in [0.1, 0.15) is 25.7 Å². The van der Waals surface area contributed by atoms with Crippen LogP contribution in [0.2, 0.25) is 0 Å². The summed E-state index contributed by atoms with van der Waals surface area (Å²) >= 11 is 23.2. The largest absolute Gasteiger partial charge is 0.176 e. The molecule has 0 aromatic carbocycles. The van der Waals surface area contributed by atoms with Gasteiger partial charge < -0.3 is 0 Å². The molecule has 0 aromatic heterocycles. The van der Waals surface area contributed by atoms with Crippen LogP contribution in [0.4, 0.5) is 0 Å². The van der Waals surface area contributed by atoms with Gasteiger partial charge in [0.05, 0.1) is 4.08 Å². The maximum atomic E-state index is 5.05. The molecule has 0 N–H and O–H groups in total. The van der Waals surface area contributed by atoms with E-state index in [2.05, 4.69) is 70.6 Å². The second-order valence-corrected chi connectivity index (χ2v) is 17.4. The fourth-order valence-electron chi connectivity index (χ4n) is 3.08. The van der Waals surface area contributed by atoms with E-state index in [1.165, 1.54) is 60.2 Å². The fourth-order valence-corrected chi connectivity index (χ4v) is 11.5. The molecule has 0 bridgehead atoms. The molecule has 0 aliphatic carbocycles. The van der Waals surface area contributed by atoms with Gasteiger partial charge in [-0.3, -0.25) is 0 Å². The lowest BCUT2D eigenvalue weighted by Gasteiger charge is -2.37. The van der Waals surface area contributed by atoms with Crippen molar-refractivity contribution in [3.63, 3.8) is 0 Å². The van der Waals surface area contributed by atoms with Gasteiger partial charge in [0.15, 0.2) is 0 Å². The Bertz CT molecular complexity index is 390. The van der Waals surface area contributed by atoms with Gasteiger partial charge in [-0.05, 0) is 25.7 Å². The molecular weight excluding hydrogens is 461 g/mol. The Hall–Kier alpha value is 2.80. The van der Waals surface area contributed by atoms with Gasteiger partial charge in [-0.25, -0.2) is 0 Å². The van der Waals surface area contributed by atoms with Crippen molar-refractivity contribution in [2.45, 2.75) is 61.3 Å². The minimum Gasteiger partial charge on any atom is -0.176 e. The zero-order valence-corrected chi connectivity index (χ0v) is 21.1. The maximum absolute atomic E-state index is 5.05. The van der Waals surface area contributed by atoms with Gasteiger partial charge in [0, 0.05) is 66.0 Å². The first-order chi connectivity index (χ1) is 12.1. The van der Waals surface area contributed by atoms with Crippen molar-refractivity contribution in [3.05, 3.63) is 0 Å². The van der Waals surface area contributed by atoms with Crippen LogP contribution in [0.25, 0.3) is 0 Å². The summed E-state index contributed by atoms with van der Waals surface area (Å²) in [5, 5.41) is 4.79. The van der Waals surface area contributed by atoms with Crippen LogP contribution in [0.15, 0.2) is 0 Å². The van der Waals surface area contributed by atoms with Gasteiger partial charge >= 0.3 is 0 Å². The minimum atomic E-state index is 0.351. The highest BCUT2D eigenvalue weighted by atomic mass is 32.2. The molecule has 0 saturated carbocycles. The van der Waals surface area contributed by atoms with Crippen LogP contribution in [0, 0.1) is 0 Å². The lowest BCUT2D eigenvalue weighted by atomic mass is 10.1. The van der Waals surface area contributed by atoms with E-state index in [1.54, 1.807) is 0 Å². The molecule has 4 aliphatic heterocycles.